The Morgan fingerprint density at radius 3 is 1.61 bits per heavy atom. The Kier molecular flexibility index (Phi) is 15.2. The van der Waals surface area contributed by atoms with Gasteiger partial charge in [-0.1, -0.05) is 187 Å². The molecule has 0 unspecified atom stereocenters. The summed E-state index contributed by atoms with van der Waals surface area (Å²) in [5.74, 6) is -0.481. The fraction of sp³-hybridized carbons (Fsp3) is 0.385. The molecule has 59 heavy (non-hydrogen) atoms. The third-order valence-corrected chi connectivity index (χ3v) is 18.4. The molecule has 2 aliphatic carbocycles. The number of unbranched alkanes of at least 4 members (excludes halogenated alkanes) is 3. The Morgan fingerprint density at radius 2 is 1.17 bits per heavy atom. The summed E-state index contributed by atoms with van der Waals surface area (Å²) in [4.78, 5) is 0. The molecule has 312 valence electrons. The maximum Gasteiger partial charge on any atom is 0.475 e. The normalized spacial score (nSPS) is 16.1. The SMILES string of the molecule is C=CC[C@H](OP(=O)(OCC1c2ccccc2-c2ccccc21)OCC1c2ccccc2-c2ccccc21)[C@@H](C)[C@H](\C=C/C=C\C=C\CCCCC)O[Si](C)(C)C(C)(C)C. The van der Waals surface area contributed by atoms with Gasteiger partial charge in [-0.25, -0.2) is 4.57 Å². The molecule has 0 aliphatic heterocycles. The highest BCUT2D eigenvalue weighted by Crippen LogP contribution is 2.57. The van der Waals surface area contributed by atoms with Crippen molar-refractivity contribution in [2.24, 2.45) is 5.92 Å². The van der Waals surface area contributed by atoms with Crippen molar-refractivity contribution in [3.05, 3.63) is 168 Å². The van der Waals surface area contributed by atoms with Gasteiger partial charge in [-0.2, -0.15) is 0 Å². The van der Waals surface area contributed by atoms with Gasteiger partial charge in [-0.3, -0.25) is 13.6 Å². The minimum absolute atomic E-state index is 0.0199. The Bertz CT molecular complexity index is 1970. The number of benzene rings is 4. The summed E-state index contributed by atoms with van der Waals surface area (Å²) in [6.07, 6.45) is 18.8. The third-order valence-electron chi connectivity index (χ3n) is 12.5. The Balaban J connectivity index is 1.30. The second-order valence-electron chi connectivity index (χ2n) is 17.6. The highest BCUT2D eigenvalue weighted by Gasteiger charge is 2.43. The van der Waals surface area contributed by atoms with Crippen LogP contribution in [0.2, 0.25) is 18.1 Å². The molecular formula is C52H65O5PSi. The molecule has 6 rings (SSSR count). The molecule has 7 heteroatoms. The van der Waals surface area contributed by atoms with Crippen molar-refractivity contribution < 1.29 is 22.6 Å². The molecular weight excluding hydrogens is 764 g/mol. The molecule has 0 amide bonds. The van der Waals surface area contributed by atoms with Gasteiger partial charge in [0.1, 0.15) is 0 Å². The number of phosphoric acid groups is 1. The van der Waals surface area contributed by atoms with E-state index in [9.17, 15) is 0 Å². The Hall–Kier alpha value is -3.87. The summed E-state index contributed by atoms with van der Waals surface area (Å²) in [5, 5.41) is -0.0199. The quantitative estimate of drug-likeness (QED) is 0.0275. The van der Waals surface area contributed by atoms with E-state index in [0.717, 1.165) is 28.7 Å². The van der Waals surface area contributed by atoms with E-state index in [1.54, 1.807) is 0 Å². The first-order chi connectivity index (χ1) is 28.4. The van der Waals surface area contributed by atoms with Gasteiger partial charge in [0, 0.05) is 17.8 Å². The van der Waals surface area contributed by atoms with Crippen LogP contribution in [0.3, 0.4) is 0 Å². The zero-order valence-electron chi connectivity index (χ0n) is 36.3. The highest BCUT2D eigenvalue weighted by atomic mass is 31.2. The van der Waals surface area contributed by atoms with Gasteiger partial charge in [-0.05, 0) is 81.9 Å². The number of rotatable bonds is 21. The van der Waals surface area contributed by atoms with Crippen molar-refractivity contribution in [3.8, 4) is 22.3 Å². The molecule has 5 nitrogen and oxygen atoms in total. The molecule has 0 radical (unpaired) electrons. The molecule has 0 spiro atoms. The molecule has 2 aliphatic rings. The van der Waals surface area contributed by atoms with E-state index in [-0.39, 0.29) is 42.1 Å². The lowest BCUT2D eigenvalue weighted by Gasteiger charge is -2.41. The zero-order valence-corrected chi connectivity index (χ0v) is 38.2. The second-order valence-corrected chi connectivity index (χ2v) is 23.9. The van der Waals surface area contributed by atoms with Crippen molar-refractivity contribution in [1.29, 1.82) is 0 Å². The first-order valence-electron chi connectivity index (χ1n) is 21.6. The molecule has 4 aromatic carbocycles. The molecule has 0 N–H and O–H groups in total. The fourth-order valence-electron chi connectivity index (χ4n) is 8.03. The van der Waals surface area contributed by atoms with Crippen LogP contribution in [0, 0.1) is 5.92 Å². The van der Waals surface area contributed by atoms with E-state index in [0.29, 0.717) is 6.42 Å². The molecule has 0 fully saturated rings. The molecule has 0 aromatic heterocycles. The van der Waals surface area contributed by atoms with Gasteiger partial charge in [-0.15, -0.1) is 6.58 Å². The van der Waals surface area contributed by atoms with Gasteiger partial charge < -0.3 is 4.43 Å². The van der Waals surface area contributed by atoms with Crippen LogP contribution in [0.1, 0.15) is 101 Å². The van der Waals surface area contributed by atoms with E-state index in [4.69, 9.17) is 18.0 Å². The number of hydrogen-bond acceptors (Lipinski definition) is 5. The zero-order chi connectivity index (χ0) is 42.0. The van der Waals surface area contributed by atoms with Gasteiger partial charge >= 0.3 is 7.82 Å². The van der Waals surface area contributed by atoms with Crippen LogP contribution in [0.4, 0.5) is 0 Å². The predicted octanol–water partition coefficient (Wildman–Crippen LogP) is 15.0. The van der Waals surface area contributed by atoms with E-state index in [2.05, 4.69) is 188 Å². The predicted molar refractivity (Wildman–Crippen MR) is 249 cm³/mol. The number of allylic oxidation sites excluding steroid dienone is 5. The smallest absolute Gasteiger partial charge is 0.410 e. The molecule has 3 atom stereocenters. The lowest BCUT2D eigenvalue weighted by molar-refractivity contribution is 0.0241. The van der Waals surface area contributed by atoms with Crippen molar-refractivity contribution in [1.82, 2.24) is 0 Å². The molecule has 0 saturated heterocycles. The van der Waals surface area contributed by atoms with Crippen molar-refractivity contribution in [2.45, 2.75) is 109 Å². The average Bonchev–Trinajstić information content (AvgIpc) is 3.72. The van der Waals surface area contributed by atoms with E-state index in [1.807, 2.05) is 6.08 Å². The minimum atomic E-state index is -4.23. The largest absolute Gasteiger partial charge is 0.475 e. The molecule has 0 bridgehead atoms. The third kappa shape index (κ3) is 10.7. The minimum Gasteiger partial charge on any atom is -0.410 e. The second kappa shape index (κ2) is 20.1. The van der Waals surface area contributed by atoms with Gasteiger partial charge in [0.25, 0.3) is 0 Å². The standard InChI is InChI=1S/C52H65O5PSi/c1-9-11-12-13-14-15-16-17-18-36-51(57-59(7,8)52(4,5)6)39(3)50(27-10-2)56-58(53,54-37-48-44-32-23-19-28-40(44)41-29-20-24-33-45(41)48)55-38-49-46-34-25-21-30-42(46)43-31-22-26-35-47(43)49/h10,14-26,28-36,39,48-51H,2,9,11-13,27,37-38H2,1,3-8H3/b15-14+,17-16-,36-18-/t39-,50+,51+/m1/s1. The Labute approximate surface area is 356 Å². The summed E-state index contributed by atoms with van der Waals surface area (Å²) in [6.45, 7) is 20.0. The first-order valence-corrected chi connectivity index (χ1v) is 26.0. The lowest BCUT2D eigenvalue weighted by Crippen LogP contribution is -2.46. The molecule has 0 heterocycles. The first kappa shape index (κ1) is 44.7. The summed E-state index contributed by atoms with van der Waals surface area (Å²) in [7, 11) is -6.48. The average molecular weight is 829 g/mol. The molecule has 4 aromatic rings. The highest BCUT2D eigenvalue weighted by molar-refractivity contribution is 7.48. The van der Waals surface area contributed by atoms with Crippen LogP contribution < -0.4 is 0 Å². The van der Waals surface area contributed by atoms with Crippen molar-refractivity contribution in [3.63, 3.8) is 0 Å². The van der Waals surface area contributed by atoms with E-state index in [1.165, 1.54) is 41.5 Å². The number of fused-ring (bicyclic) bond motifs is 6. The van der Waals surface area contributed by atoms with E-state index < -0.39 is 22.2 Å². The lowest BCUT2D eigenvalue weighted by atomic mass is 9.95. The van der Waals surface area contributed by atoms with E-state index >= 15 is 4.57 Å². The number of phosphoric ester groups is 1. The van der Waals surface area contributed by atoms with Crippen LogP contribution >= 0.6 is 7.82 Å². The van der Waals surface area contributed by atoms with Crippen molar-refractivity contribution in [2.75, 3.05) is 13.2 Å². The fourth-order valence-corrected chi connectivity index (χ4v) is 10.8. The van der Waals surface area contributed by atoms with Crippen LogP contribution in [0.25, 0.3) is 22.3 Å². The summed E-state index contributed by atoms with van der Waals surface area (Å²) >= 11 is 0. The Morgan fingerprint density at radius 1 is 0.712 bits per heavy atom. The summed E-state index contributed by atoms with van der Waals surface area (Å²) in [6, 6.07) is 33.6. The molecule has 0 saturated carbocycles. The number of hydrogen-bond donors (Lipinski definition) is 0. The van der Waals surface area contributed by atoms with Crippen LogP contribution in [-0.2, 0) is 22.6 Å². The monoisotopic (exact) mass is 828 g/mol. The van der Waals surface area contributed by atoms with Gasteiger partial charge in [0.15, 0.2) is 8.32 Å². The van der Waals surface area contributed by atoms with Crippen LogP contribution in [0.15, 0.2) is 146 Å². The van der Waals surface area contributed by atoms with Crippen molar-refractivity contribution >= 4 is 16.1 Å². The maximum absolute atomic E-state index is 15.5. The summed E-state index contributed by atoms with van der Waals surface area (Å²) in [5.41, 5.74) is 9.26. The van der Waals surface area contributed by atoms with Gasteiger partial charge in [0.2, 0.25) is 0 Å². The van der Waals surface area contributed by atoms with Crippen LogP contribution in [-0.4, -0.2) is 33.7 Å². The van der Waals surface area contributed by atoms with Crippen LogP contribution in [0.5, 0.6) is 0 Å². The summed E-state index contributed by atoms with van der Waals surface area (Å²) < 4.78 is 42.6. The topological polar surface area (TPSA) is 54.0 Å². The van der Waals surface area contributed by atoms with Gasteiger partial charge in [0.05, 0.1) is 25.4 Å². The maximum atomic E-state index is 15.5.